The molecule has 0 fully saturated rings. The van der Waals surface area contributed by atoms with Gasteiger partial charge in [-0.15, -0.1) is 23.2 Å². The van der Waals surface area contributed by atoms with Gasteiger partial charge in [-0.1, -0.05) is 29.5 Å². The number of rotatable bonds is 7. The molecule has 0 aromatic heterocycles. The van der Waals surface area contributed by atoms with Gasteiger partial charge in [-0.05, 0) is 11.6 Å². The lowest BCUT2D eigenvalue weighted by atomic mass is 10.2. The van der Waals surface area contributed by atoms with Gasteiger partial charge < -0.3 is 0 Å². The Labute approximate surface area is 154 Å². The van der Waals surface area contributed by atoms with E-state index in [0.29, 0.717) is 0 Å². The third-order valence-electron chi connectivity index (χ3n) is 2.97. The molecular formula is C14H10Cl2N4O4Si. The Kier molecular flexibility index (Phi) is 6.45. The lowest BCUT2D eigenvalue weighted by Crippen LogP contribution is -2.19. The SMILES string of the molecule is O=[N+]([O-])c1ccc(N/N=C/c2ccc([Si]C(Cl)Cl)cc2)c([N+](=O)[O-])c1. The van der Waals surface area contributed by atoms with E-state index in [1.807, 2.05) is 12.1 Å². The van der Waals surface area contributed by atoms with E-state index in [0.717, 1.165) is 22.9 Å². The Bertz CT molecular complexity index is 815. The van der Waals surface area contributed by atoms with Crippen molar-refractivity contribution in [1.29, 1.82) is 0 Å². The Morgan fingerprint density at radius 3 is 2.32 bits per heavy atom. The maximum atomic E-state index is 11.0. The van der Waals surface area contributed by atoms with Gasteiger partial charge in [0, 0.05) is 6.07 Å². The van der Waals surface area contributed by atoms with E-state index in [9.17, 15) is 20.2 Å². The van der Waals surface area contributed by atoms with Crippen LogP contribution in [0.5, 0.6) is 0 Å². The predicted octanol–water partition coefficient (Wildman–Crippen LogP) is 3.04. The van der Waals surface area contributed by atoms with Crippen LogP contribution in [0.15, 0.2) is 47.6 Å². The lowest BCUT2D eigenvalue weighted by Gasteiger charge is -2.03. The molecule has 0 spiro atoms. The zero-order valence-corrected chi connectivity index (χ0v) is 14.9. The number of nitro benzene ring substituents is 2. The minimum Gasteiger partial charge on any atom is -0.272 e. The average molecular weight is 397 g/mol. The van der Waals surface area contributed by atoms with Gasteiger partial charge in [0.1, 0.15) is 15.2 Å². The van der Waals surface area contributed by atoms with Gasteiger partial charge in [0.2, 0.25) is 0 Å². The molecule has 0 amide bonds. The van der Waals surface area contributed by atoms with E-state index in [1.165, 1.54) is 12.3 Å². The number of halogens is 2. The van der Waals surface area contributed by atoms with Gasteiger partial charge in [0.15, 0.2) is 0 Å². The number of hydrazone groups is 1. The zero-order valence-electron chi connectivity index (χ0n) is 12.4. The maximum absolute atomic E-state index is 11.0. The van der Waals surface area contributed by atoms with Crippen LogP contribution in [0.3, 0.4) is 0 Å². The zero-order chi connectivity index (χ0) is 18.4. The summed E-state index contributed by atoms with van der Waals surface area (Å²) in [7, 11) is 0.270. The van der Waals surface area contributed by atoms with Crippen molar-refractivity contribution in [2.24, 2.45) is 5.10 Å². The smallest absolute Gasteiger partial charge is 0.272 e. The summed E-state index contributed by atoms with van der Waals surface area (Å²) in [6.45, 7) is 0. The van der Waals surface area contributed by atoms with Gasteiger partial charge in [0.05, 0.1) is 26.6 Å². The highest BCUT2D eigenvalue weighted by atomic mass is 35.5. The molecule has 0 heterocycles. The summed E-state index contributed by atoms with van der Waals surface area (Å²) in [5.41, 5.74) is 2.53. The first kappa shape index (κ1) is 18.8. The van der Waals surface area contributed by atoms with Crippen molar-refractivity contribution in [1.82, 2.24) is 0 Å². The first-order valence-corrected chi connectivity index (χ1v) is 8.68. The van der Waals surface area contributed by atoms with E-state index in [1.54, 1.807) is 12.1 Å². The number of hydrogen-bond donors (Lipinski definition) is 1. The first-order chi connectivity index (χ1) is 11.9. The Balaban J connectivity index is 2.11. The van der Waals surface area contributed by atoms with Crippen LogP contribution in [0.25, 0.3) is 0 Å². The Morgan fingerprint density at radius 2 is 1.76 bits per heavy atom. The highest BCUT2D eigenvalue weighted by molar-refractivity contribution is 6.75. The molecule has 0 saturated carbocycles. The molecule has 128 valence electrons. The van der Waals surface area contributed by atoms with Crippen molar-refractivity contribution >= 4 is 61.2 Å². The molecule has 25 heavy (non-hydrogen) atoms. The van der Waals surface area contributed by atoms with E-state index >= 15 is 0 Å². The van der Waals surface area contributed by atoms with Crippen molar-refractivity contribution in [2.45, 2.75) is 4.46 Å². The maximum Gasteiger partial charge on any atom is 0.301 e. The number of anilines is 1. The quantitative estimate of drug-likeness (QED) is 0.254. The summed E-state index contributed by atoms with van der Waals surface area (Å²) >= 11 is 11.4. The van der Waals surface area contributed by atoms with E-state index in [4.69, 9.17) is 23.2 Å². The molecule has 2 aromatic rings. The molecule has 0 saturated heterocycles. The van der Waals surface area contributed by atoms with E-state index < -0.39 is 20.0 Å². The Morgan fingerprint density at radius 1 is 1.08 bits per heavy atom. The van der Waals surface area contributed by atoms with Gasteiger partial charge >= 0.3 is 5.69 Å². The molecule has 1 N–H and O–H groups in total. The van der Waals surface area contributed by atoms with Crippen molar-refractivity contribution in [3.05, 3.63) is 68.3 Å². The van der Waals surface area contributed by atoms with Gasteiger partial charge in [-0.2, -0.15) is 5.10 Å². The summed E-state index contributed by atoms with van der Waals surface area (Å²) in [4.78, 5) is 20.3. The molecule has 2 radical (unpaired) electrons. The minimum atomic E-state index is -0.713. The average Bonchev–Trinajstić information content (AvgIpc) is 2.55. The van der Waals surface area contributed by atoms with Crippen LogP contribution < -0.4 is 10.6 Å². The molecule has 0 bridgehead atoms. The van der Waals surface area contributed by atoms with Crippen LogP contribution in [0, 0.1) is 20.2 Å². The van der Waals surface area contributed by atoms with Gasteiger partial charge in [-0.25, -0.2) is 0 Å². The number of nitro groups is 2. The summed E-state index contributed by atoms with van der Waals surface area (Å²) in [5.74, 6) is 0. The second-order valence-corrected chi connectivity index (χ2v) is 7.92. The monoisotopic (exact) mass is 396 g/mol. The topological polar surface area (TPSA) is 111 Å². The molecule has 2 rings (SSSR count). The first-order valence-electron chi connectivity index (χ1n) is 6.73. The van der Waals surface area contributed by atoms with Crippen LogP contribution in [-0.2, 0) is 0 Å². The second kappa shape index (κ2) is 8.56. The number of nitrogens with zero attached hydrogens (tertiary/aromatic N) is 3. The van der Waals surface area contributed by atoms with Crippen LogP contribution in [0.1, 0.15) is 5.56 Å². The summed E-state index contributed by atoms with van der Waals surface area (Å²) in [6.07, 6.45) is 1.47. The molecule has 0 aliphatic carbocycles. The molecule has 0 aliphatic heterocycles. The molecule has 2 aromatic carbocycles. The van der Waals surface area contributed by atoms with E-state index in [-0.39, 0.29) is 20.9 Å². The fraction of sp³-hybridized carbons (Fsp3) is 0.0714. The molecule has 8 nitrogen and oxygen atoms in total. The van der Waals surface area contributed by atoms with Crippen molar-refractivity contribution < 1.29 is 9.85 Å². The third-order valence-corrected chi connectivity index (χ3v) is 4.51. The molecule has 11 heteroatoms. The second-order valence-electron chi connectivity index (χ2n) is 4.65. The van der Waals surface area contributed by atoms with Crippen molar-refractivity contribution in [2.75, 3.05) is 5.43 Å². The van der Waals surface area contributed by atoms with Crippen LogP contribution in [0.4, 0.5) is 17.1 Å². The third kappa shape index (κ3) is 5.52. The lowest BCUT2D eigenvalue weighted by molar-refractivity contribution is -0.393. The van der Waals surface area contributed by atoms with Crippen molar-refractivity contribution in [3.8, 4) is 0 Å². The highest BCUT2D eigenvalue weighted by Gasteiger charge is 2.19. The Hall–Kier alpha value is -2.49. The number of hydrogen-bond acceptors (Lipinski definition) is 6. The van der Waals surface area contributed by atoms with Crippen LogP contribution >= 0.6 is 23.2 Å². The summed E-state index contributed by atoms with van der Waals surface area (Å²) < 4.78 is -0.455. The largest absolute Gasteiger partial charge is 0.301 e. The van der Waals surface area contributed by atoms with Crippen molar-refractivity contribution in [3.63, 3.8) is 0 Å². The number of benzene rings is 2. The number of nitrogens with one attached hydrogen (secondary N) is 1. The van der Waals surface area contributed by atoms with Gasteiger partial charge in [0.25, 0.3) is 5.69 Å². The standard InChI is InChI=1S/C14H10Cl2N4O4Si/c15-14(16)25-11-4-1-9(2-5-11)8-17-18-12-6-3-10(19(21)22)7-13(12)20(23)24/h1-8,14,18H/b17-8+. The number of non-ortho nitro benzene ring substituents is 1. The number of alkyl halides is 2. The molecule has 0 unspecified atom stereocenters. The molecular weight excluding hydrogens is 387 g/mol. The summed E-state index contributed by atoms with van der Waals surface area (Å²) in [5, 5.41) is 26.6. The van der Waals surface area contributed by atoms with E-state index in [2.05, 4.69) is 10.5 Å². The molecule has 0 atom stereocenters. The van der Waals surface area contributed by atoms with Gasteiger partial charge in [-0.3, -0.25) is 25.7 Å². The molecule has 0 aliphatic rings. The summed E-state index contributed by atoms with van der Waals surface area (Å²) in [6, 6.07) is 10.6. The normalized spacial score (nSPS) is 11.0. The van der Waals surface area contributed by atoms with Crippen LogP contribution in [-0.4, -0.2) is 30.0 Å². The minimum absolute atomic E-state index is 0.0528. The fourth-order valence-corrected chi connectivity index (χ4v) is 3.21. The predicted molar refractivity (Wildman–Crippen MR) is 98.3 cm³/mol. The highest BCUT2D eigenvalue weighted by Crippen LogP contribution is 2.28. The fourth-order valence-electron chi connectivity index (χ4n) is 1.85. The van der Waals surface area contributed by atoms with Crippen LogP contribution in [0.2, 0.25) is 0 Å².